The Morgan fingerprint density at radius 2 is 1.44 bits per heavy atom. The van der Waals surface area contributed by atoms with Gasteiger partial charge in [-0.25, -0.2) is 0 Å². The van der Waals surface area contributed by atoms with Crippen LogP contribution in [0, 0.1) is 6.92 Å². The van der Waals surface area contributed by atoms with Gasteiger partial charge in [0.25, 0.3) is 0 Å². The van der Waals surface area contributed by atoms with Crippen molar-refractivity contribution in [3.8, 4) is 0 Å². The number of rotatable bonds is 5. The molecule has 5 heteroatoms. The number of halogens is 1. The number of aliphatic hydroxyl groups excluding tert-OH is 1. The zero-order chi connectivity index (χ0) is 17.9. The molecule has 4 rings (SSSR count). The molecule has 3 aromatic carbocycles. The number of aryl methyl sites for hydroxylation is 1. The molecule has 0 radical (unpaired) electrons. The monoisotopic (exact) mass is 398 g/mol. The Morgan fingerprint density at radius 1 is 0.889 bits per heavy atom. The van der Waals surface area contributed by atoms with Gasteiger partial charge >= 0.3 is 0 Å². The molecule has 1 aliphatic rings. The van der Waals surface area contributed by atoms with E-state index in [1.807, 2.05) is 12.1 Å². The van der Waals surface area contributed by atoms with Crippen molar-refractivity contribution < 1.29 is 5.11 Å². The van der Waals surface area contributed by atoms with Gasteiger partial charge in [-0.2, -0.15) is 0 Å². The molecule has 0 bridgehead atoms. The molecule has 140 valence electrons. The number of aliphatic hydroxyl groups is 1. The maximum absolute atomic E-state index is 10.7. The number of para-hydroxylation sites is 2. The summed E-state index contributed by atoms with van der Waals surface area (Å²) in [5.41, 5.74) is 4.58. The Labute approximate surface area is 170 Å². The van der Waals surface area contributed by atoms with E-state index >= 15 is 0 Å². The van der Waals surface area contributed by atoms with E-state index in [0.717, 1.165) is 17.1 Å². The molecule has 1 atom stereocenters. The minimum Gasteiger partial charge on any atom is -0.389 e. The highest BCUT2D eigenvalue weighted by Crippen LogP contribution is 2.47. The summed E-state index contributed by atoms with van der Waals surface area (Å²) in [7, 11) is 0. The van der Waals surface area contributed by atoms with E-state index < -0.39 is 6.10 Å². The van der Waals surface area contributed by atoms with Crippen molar-refractivity contribution in [1.29, 1.82) is 0 Å². The second kappa shape index (κ2) is 8.70. The largest absolute Gasteiger partial charge is 0.389 e. The van der Waals surface area contributed by atoms with Gasteiger partial charge in [-0.05, 0) is 43.3 Å². The number of nitrogens with zero attached hydrogens (tertiary/aromatic N) is 1. The third-order valence-electron chi connectivity index (χ3n) is 4.52. The van der Waals surface area contributed by atoms with Crippen molar-refractivity contribution in [2.24, 2.45) is 0 Å². The molecule has 3 nitrogen and oxygen atoms in total. The average molecular weight is 399 g/mol. The predicted molar refractivity (Wildman–Crippen MR) is 117 cm³/mol. The summed E-state index contributed by atoms with van der Waals surface area (Å²) in [4.78, 5) is 4.68. The second-order valence-electron chi connectivity index (χ2n) is 6.55. The number of hydrogen-bond donors (Lipinski definition) is 2. The third kappa shape index (κ3) is 4.41. The maximum Gasteiger partial charge on any atom is 0.0891 e. The smallest absolute Gasteiger partial charge is 0.0891 e. The normalized spacial score (nSPS) is 13.2. The minimum atomic E-state index is -0.486. The Bertz CT molecular complexity index is 855. The van der Waals surface area contributed by atoms with Crippen LogP contribution in [0.3, 0.4) is 0 Å². The topological polar surface area (TPSA) is 35.5 Å². The van der Waals surface area contributed by atoms with Crippen LogP contribution in [0.2, 0.25) is 0 Å². The van der Waals surface area contributed by atoms with Gasteiger partial charge in [0.15, 0.2) is 0 Å². The van der Waals surface area contributed by atoms with E-state index in [9.17, 15) is 5.11 Å². The second-order valence-corrected chi connectivity index (χ2v) is 7.63. The van der Waals surface area contributed by atoms with Crippen LogP contribution in [0.4, 0.5) is 17.1 Å². The minimum absolute atomic E-state index is 0. The Hall–Kier alpha value is -2.14. The van der Waals surface area contributed by atoms with Crippen molar-refractivity contribution in [2.45, 2.75) is 22.8 Å². The van der Waals surface area contributed by atoms with Crippen molar-refractivity contribution in [2.75, 3.05) is 23.3 Å². The SMILES string of the molecule is Cc1ccc(NCC(O)CN2c3ccccc3Sc3ccccc32)cc1.Cl. The molecule has 0 fully saturated rings. The molecule has 2 N–H and O–H groups in total. The Morgan fingerprint density at radius 3 is 2.04 bits per heavy atom. The van der Waals surface area contributed by atoms with Crippen molar-refractivity contribution in [1.82, 2.24) is 0 Å². The lowest BCUT2D eigenvalue weighted by Crippen LogP contribution is -2.34. The van der Waals surface area contributed by atoms with E-state index in [0.29, 0.717) is 13.1 Å². The summed E-state index contributed by atoms with van der Waals surface area (Å²) in [6, 6.07) is 25.0. The fraction of sp³-hybridized carbons (Fsp3) is 0.182. The van der Waals surface area contributed by atoms with Gasteiger partial charge in [-0.1, -0.05) is 53.7 Å². The molecule has 0 saturated carbocycles. The summed E-state index contributed by atoms with van der Waals surface area (Å²) < 4.78 is 0. The number of benzene rings is 3. The Kier molecular flexibility index (Phi) is 6.32. The van der Waals surface area contributed by atoms with E-state index in [1.165, 1.54) is 15.4 Å². The summed E-state index contributed by atoms with van der Waals surface area (Å²) in [6.07, 6.45) is -0.486. The predicted octanol–water partition coefficient (Wildman–Crippen LogP) is 5.49. The van der Waals surface area contributed by atoms with Gasteiger partial charge < -0.3 is 15.3 Å². The van der Waals surface area contributed by atoms with Crippen LogP contribution < -0.4 is 10.2 Å². The van der Waals surface area contributed by atoms with Crippen molar-refractivity contribution in [3.05, 3.63) is 78.4 Å². The van der Waals surface area contributed by atoms with Gasteiger partial charge in [0.2, 0.25) is 0 Å². The van der Waals surface area contributed by atoms with E-state index in [-0.39, 0.29) is 12.4 Å². The molecule has 27 heavy (non-hydrogen) atoms. The van der Waals surface area contributed by atoms with Crippen LogP contribution >= 0.6 is 24.2 Å². The first kappa shape index (κ1) is 19.6. The fourth-order valence-corrected chi connectivity index (χ4v) is 4.26. The molecule has 0 amide bonds. The number of hydrogen-bond acceptors (Lipinski definition) is 4. The van der Waals surface area contributed by atoms with Crippen molar-refractivity contribution >= 4 is 41.2 Å². The Balaban J connectivity index is 0.00000210. The fourth-order valence-electron chi connectivity index (χ4n) is 3.16. The number of nitrogens with one attached hydrogen (secondary N) is 1. The summed E-state index contributed by atoms with van der Waals surface area (Å²) in [5.74, 6) is 0. The lowest BCUT2D eigenvalue weighted by Gasteiger charge is -2.34. The highest BCUT2D eigenvalue weighted by molar-refractivity contribution is 7.99. The van der Waals surface area contributed by atoms with Crippen LogP contribution in [0.1, 0.15) is 5.56 Å². The van der Waals surface area contributed by atoms with E-state index in [4.69, 9.17) is 0 Å². The van der Waals surface area contributed by atoms with Crippen LogP contribution in [-0.2, 0) is 0 Å². The summed E-state index contributed by atoms with van der Waals surface area (Å²) in [5, 5.41) is 14.0. The molecule has 0 aromatic heterocycles. The number of fused-ring (bicyclic) bond motifs is 2. The van der Waals surface area contributed by atoms with Gasteiger partial charge in [-0.3, -0.25) is 0 Å². The van der Waals surface area contributed by atoms with Gasteiger partial charge in [0.1, 0.15) is 0 Å². The number of β-amino-alcohol motifs (C(OH)–C–C–N with tert-alkyl or cyclic N) is 1. The molecule has 0 saturated heterocycles. The molecule has 0 aliphatic carbocycles. The lowest BCUT2D eigenvalue weighted by atomic mass is 10.2. The molecular formula is C22H23ClN2OS. The first-order valence-corrected chi connectivity index (χ1v) is 9.64. The van der Waals surface area contributed by atoms with Crippen LogP contribution in [0.15, 0.2) is 82.6 Å². The first-order valence-electron chi connectivity index (χ1n) is 8.83. The molecule has 1 unspecified atom stereocenters. The van der Waals surface area contributed by atoms with Crippen molar-refractivity contribution in [3.63, 3.8) is 0 Å². The zero-order valence-electron chi connectivity index (χ0n) is 15.1. The van der Waals surface area contributed by atoms with E-state index in [1.54, 1.807) is 11.8 Å². The molecule has 3 aromatic rings. The highest BCUT2D eigenvalue weighted by Gasteiger charge is 2.24. The molecule has 0 spiro atoms. The third-order valence-corrected chi connectivity index (χ3v) is 5.65. The highest BCUT2D eigenvalue weighted by atomic mass is 35.5. The lowest BCUT2D eigenvalue weighted by molar-refractivity contribution is 0.195. The first-order chi connectivity index (χ1) is 12.7. The van der Waals surface area contributed by atoms with Crippen LogP contribution in [-0.4, -0.2) is 24.3 Å². The quantitative estimate of drug-likeness (QED) is 0.595. The van der Waals surface area contributed by atoms with Gasteiger partial charge in [-0.15, -0.1) is 12.4 Å². The summed E-state index contributed by atoms with van der Waals surface area (Å²) >= 11 is 1.79. The average Bonchev–Trinajstić information content (AvgIpc) is 2.67. The summed E-state index contributed by atoms with van der Waals surface area (Å²) in [6.45, 7) is 3.13. The molecular weight excluding hydrogens is 376 g/mol. The molecule has 1 aliphatic heterocycles. The van der Waals surface area contributed by atoms with Crippen LogP contribution in [0.5, 0.6) is 0 Å². The maximum atomic E-state index is 10.7. The zero-order valence-corrected chi connectivity index (χ0v) is 16.8. The van der Waals surface area contributed by atoms with E-state index in [2.05, 4.69) is 77.8 Å². The number of anilines is 3. The molecule has 1 heterocycles. The van der Waals surface area contributed by atoms with Gasteiger partial charge in [0, 0.05) is 22.0 Å². The van der Waals surface area contributed by atoms with Gasteiger partial charge in [0.05, 0.1) is 24.0 Å². The standard InChI is InChI=1S/C22H22N2OS.ClH/c1-16-10-12-17(13-11-16)23-14-18(25)15-24-19-6-2-4-8-21(19)26-22-9-5-3-7-20(22)24;/h2-13,18,23,25H,14-15H2,1H3;1H. The van der Waals surface area contributed by atoms with Crippen LogP contribution in [0.25, 0.3) is 0 Å².